The summed E-state index contributed by atoms with van der Waals surface area (Å²) in [6.45, 7) is 2.65. The second-order valence-electron chi connectivity index (χ2n) is 2.49. The average molecular weight is 165 g/mol. The third-order valence-electron chi connectivity index (χ3n) is 1.56. The summed E-state index contributed by atoms with van der Waals surface area (Å²) in [5.74, 6) is 0.717. The van der Waals surface area contributed by atoms with Crippen LogP contribution in [0.2, 0.25) is 0 Å². The van der Waals surface area contributed by atoms with Crippen LogP contribution in [-0.4, -0.2) is 24.9 Å². The fourth-order valence-corrected chi connectivity index (χ4v) is 1.20. The van der Waals surface area contributed by atoms with Crippen molar-refractivity contribution in [3.05, 3.63) is 0 Å². The van der Waals surface area contributed by atoms with E-state index in [1.54, 1.807) is 0 Å². The molecule has 10 heavy (non-hydrogen) atoms. The molecule has 0 aromatic carbocycles. The molecule has 1 saturated heterocycles. The van der Waals surface area contributed by atoms with E-state index >= 15 is 0 Å². The van der Waals surface area contributed by atoms with Gasteiger partial charge >= 0.3 is 0 Å². The number of halogens is 1. The molecule has 3 heteroatoms. The Morgan fingerprint density at radius 3 is 2.90 bits per heavy atom. The van der Waals surface area contributed by atoms with Crippen molar-refractivity contribution in [2.45, 2.75) is 32.2 Å². The molecular weight excluding hydrogens is 152 g/mol. The molecule has 1 fully saturated rings. The summed E-state index contributed by atoms with van der Waals surface area (Å²) >= 11 is 5.52. The van der Waals surface area contributed by atoms with E-state index in [9.17, 15) is 0 Å². The molecule has 2 nitrogen and oxygen atoms in total. The predicted molar refractivity (Wildman–Crippen MR) is 40.2 cm³/mol. The van der Waals surface area contributed by atoms with Gasteiger partial charge < -0.3 is 9.47 Å². The molecule has 0 aromatic heterocycles. The third kappa shape index (κ3) is 2.45. The Morgan fingerprint density at radius 1 is 1.60 bits per heavy atom. The molecule has 0 aliphatic carbocycles. The SMILES string of the molecule is CC1OCC(CCCCl)O1. The topological polar surface area (TPSA) is 18.5 Å². The maximum Gasteiger partial charge on any atom is 0.155 e. The number of rotatable bonds is 3. The Bertz CT molecular complexity index is 97.6. The van der Waals surface area contributed by atoms with Crippen LogP contribution in [0.4, 0.5) is 0 Å². The first-order chi connectivity index (χ1) is 4.83. The van der Waals surface area contributed by atoms with E-state index in [1.165, 1.54) is 0 Å². The fraction of sp³-hybridized carbons (Fsp3) is 1.00. The van der Waals surface area contributed by atoms with Crippen molar-refractivity contribution in [2.75, 3.05) is 12.5 Å². The van der Waals surface area contributed by atoms with Crippen LogP contribution in [0.3, 0.4) is 0 Å². The van der Waals surface area contributed by atoms with Crippen molar-refractivity contribution < 1.29 is 9.47 Å². The summed E-state index contributed by atoms with van der Waals surface area (Å²) in [5, 5.41) is 0. The highest BCUT2D eigenvalue weighted by molar-refractivity contribution is 6.17. The first-order valence-corrected chi connectivity index (χ1v) is 4.19. The molecule has 0 N–H and O–H groups in total. The van der Waals surface area contributed by atoms with Crippen LogP contribution in [0.1, 0.15) is 19.8 Å². The minimum atomic E-state index is -0.0136. The van der Waals surface area contributed by atoms with Gasteiger partial charge in [0.15, 0.2) is 6.29 Å². The summed E-state index contributed by atoms with van der Waals surface area (Å²) in [4.78, 5) is 0. The maximum absolute atomic E-state index is 5.52. The highest BCUT2D eigenvalue weighted by Crippen LogP contribution is 2.15. The molecule has 2 unspecified atom stereocenters. The lowest BCUT2D eigenvalue weighted by Crippen LogP contribution is -2.10. The lowest BCUT2D eigenvalue weighted by molar-refractivity contribution is -0.0431. The number of ether oxygens (including phenoxy) is 2. The average Bonchev–Trinajstić information content (AvgIpc) is 2.31. The van der Waals surface area contributed by atoms with Gasteiger partial charge in [0.25, 0.3) is 0 Å². The molecule has 0 radical (unpaired) electrons. The summed E-state index contributed by atoms with van der Waals surface area (Å²) in [6, 6.07) is 0. The molecule has 0 aromatic rings. The molecule has 0 bridgehead atoms. The van der Waals surface area contributed by atoms with Gasteiger partial charge in [0.1, 0.15) is 0 Å². The van der Waals surface area contributed by atoms with Gasteiger partial charge in [-0.1, -0.05) is 0 Å². The molecule has 2 atom stereocenters. The van der Waals surface area contributed by atoms with Gasteiger partial charge in [0.05, 0.1) is 12.7 Å². The number of hydrogen-bond donors (Lipinski definition) is 0. The van der Waals surface area contributed by atoms with Crippen LogP contribution < -0.4 is 0 Å². The molecule has 1 aliphatic heterocycles. The van der Waals surface area contributed by atoms with Crippen LogP contribution in [0, 0.1) is 0 Å². The van der Waals surface area contributed by atoms with Gasteiger partial charge in [-0.15, -0.1) is 11.6 Å². The fourth-order valence-electron chi connectivity index (χ4n) is 1.05. The Morgan fingerprint density at radius 2 is 2.40 bits per heavy atom. The molecule has 1 rings (SSSR count). The molecule has 0 spiro atoms. The Labute approximate surface area is 66.5 Å². The van der Waals surface area contributed by atoms with Gasteiger partial charge in [-0.05, 0) is 19.8 Å². The minimum absolute atomic E-state index is 0.0136. The summed E-state index contributed by atoms with van der Waals surface area (Å²) in [6.07, 6.45) is 2.31. The Kier molecular flexibility index (Phi) is 3.46. The summed E-state index contributed by atoms with van der Waals surface area (Å²) in [7, 11) is 0. The zero-order valence-corrected chi connectivity index (χ0v) is 6.93. The van der Waals surface area contributed by atoms with Gasteiger partial charge in [-0.25, -0.2) is 0 Å². The van der Waals surface area contributed by atoms with Gasteiger partial charge in [0, 0.05) is 5.88 Å². The summed E-state index contributed by atoms with van der Waals surface area (Å²) < 4.78 is 10.6. The van der Waals surface area contributed by atoms with Crippen molar-refractivity contribution in [2.24, 2.45) is 0 Å². The quantitative estimate of drug-likeness (QED) is 0.592. The van der Waals surface area contributed by atoms with E-state index in [4.69, 9.17) is 21.1 Å². The molecule has 1 aliphatic rings. The zero-order valence-electron chi connectivity index (χ0n) is 6.18. The standard InChI is InChI=1S/C7H13ClO2/c1-6-9-5-7(10-6)3-2-4-8/h6-7H,2-5H2,1H3. The van der Waals surface area contributed by atoms with E-state index in [2.05, 4.69) is 0 Å². The van der Waals surface area contributed by atoms with Crippen LogP contribution in [0.25, 0.3) is 0 Å². The number of hydrogen-bond acceptors (Lipinski definition) is 2. The van der Waals surface area contributed by atoms with Crippen LogP contribution in [-0.2, 0) is 9.47 Å². The highest BCUT2D eigenvalue weighted by Gasteiger charge is 2.21. The van der Waals surface area contributed by atoms with E-state index in [-0.39, 0.29) is 12.4 Å². The molecule has 0 saturated carbocycles. The first-order valence-electron chi connectivity index (χ1n) is 3.66. The lowest BCUT2D eigenvalue weighted by atomic mass is 10.2. The highest BCUT2D eigenvalue weighted by atomic mass is 35.5. The predicted octanol–water partition coefficient (Wildman–Crippen LogP) is 1.77. The van der Waals surface area contributed by atoms with E-state index < -0.39 is 0 Å². The van der Waals surface area contributed by atoms with Crippen LogP contribution >= 0.6 is 11.6 Å². The maximum atomic E-state index is 5.52. The van der Waals surface area contributed by atoms with Crippen molar-refractivity contribution in [1.29, 1.82) is 0 Å². The minimum Gasteiger partial charge on any atom is -0.350 e. The largest absolute Gasteiger partial charge is 0.350 e. The second-order valence-corrected chi connectivity index (χ2v) is 2.87. The smallest absolute Gasteiger partial charge is 0.155 e. The van der Waals surface area contributed by atoms with Crippen molar-refractivity contribution in [1.82, 2.24) is 0 Å². The first kappa shape index (κ1) is 8.31. The van der Waals surface area contributed by atoms with Gasteiger partial charge in [-0.2, -0.15) is 0 Å². The van der Waals surface area contributed by atoms with Crippen LogP contribution in [0.15, 0.2) is 0 Å². The summed E-state index contributed by atoms with van der Waals surface area (Å²) in [5.41, 5.74) is 0. The molecular formula is C7H13ClO2. The molecule has 1 heterocycles. The van der Waals surface area contributed by atoms with E-state index in [1.807, 2.05) is 6.92 Å². The van der Waals surface area contributed by atoms with E-state index in [0.717, 1.165) is 19.4 Å². The second kappa shape index (κ2) is 4.16. The van der Waals surface area contributed by atoms with Crippen molar-refractivity contribution in [3.8, 4) is 0 Å². The Hall–Kier alpha value is 0.210. The van der Waals surface area contributed by atoms with E-state index in [0.29, 0.717) is 5.88 Å². The van der Waals surface area contributed by atoms with Crippen LogP contribution in [0.5, 0.6) is 0 Å². The lowest BCUT2D eigenvalue weighted by Gasteiger charge is -2.05. The zero-order chi connectivity index (χ0) is 7.40. The van der Waals surface area contributed by atoms with Gasteiger partial charge in [-0.3, -0.25) is 0 Å². The normalized spacial score (nSPS) is 33.0. The molecule has 60 valence electrons. The van der Waals surface area contributed by atoms with Crippen molar-refractivity contribution >= 4 is 11.6 Å². The van der Waals surface area contributed by atoms with Gasteiger partial charge in [0.2, 0.25) is 0 Å². The number of alkyl halides is 1. The monoisotopic (exact) mass is 164 g/mol. The Balaban J connectivity index is 2.06. The molecule has 0 amide bonds. The van der Waals surface area contributed by atoms with Crippen molar-refractivity contribution in [3.63, 3.8) is 0 Å². The third-order valence-corrected chi connectivity index (χ3v) is 1.83.